The van der Waals surface area contributed by atoms with Gasteiger partial charge < -0.3 is 19.7 Å². The van der Waals surface area contributed by atoms with E-state index >= 15 is 0 Å². The summed E-state index contributed by atoms with van der Waals surface area (Å²) in [5, 5.41) is 6.38. The molecule has 0 aliphatic heterocycles. The Bertz CT molecular complexity index is 457. The van der Waals surface area contributed by atoms with E-state index in [4.69, 9.17) is 9.47 Å². The number of methoxy groups -OCH3 is 1. The number of hydrogen-bond donors (Lipinski definition) is 1. The molecule has 1 N–H and O–H groups in total. The second-order valence-corrected chi connectivity index (χ2v) is 6.96. The quantitative estimate of drug-likeness (QED) is 0.742. The number of nitrogens with zero attached hydrogens (tertiary/aromatic N) is 2. The summed E-state index contributed by atoms with van der Waals surface area (Å²) in [7, 11) is 1.62. The van der Waals surface area contributed by atoms with E-state index in [0.29, 0.717) is 32.8 Å². The van der Waals surface area contributed by atoms with Crippen LogP contribution in [0.15, 0.2) is 5.38 Å². The Labute approximate surface area is 136 Å². The zero-order valence-electron chi connectivity index (χ0n) is 14.1. The molecular weight excluding hydrogens is 302 g/mol. The normalized spacial score (nSPS) is 11.5. The lowest BCUT2D eigenvalue weighted by molar-refractivity contribution is 0.0204. The lowest BCUT2D eigenvalue weighted by Gasteiger charge is -2.27. The fraction of sp³-hybridized carbons (Fsp3) is 0.733. The maximum atomic E-state index is 12.1. The Morgan fingerprint density at radius 2 is 2.14 bits per heavy atom. The Balaban J connectivity index is 2.38. The maximum Gasteiger partial charge on any atom is 0.410 e. The van der Waals surface area contributed by atoms with Crippen LogP contribution in [-0.4, -0.2) is 54.9 Å². The van der Waals surface area contributed by atoms with Crippen molar-refractivity contribution in [2.24, 2.45) is 0 Å². The summed E-state index contributed by atoms with van der Waals surface area (Å²) >= 11 is 1.64. The largest absolute Gasteiger partial charge is 0.444 e. The van der Waals surface area contributed by atoms with Crippen molar-refractivity contribution in [1.82, 2.24) is 15.2 Å². The van der Waals surface area contributed by atoms with Crippen LogP contribution in [-0.2, 0) is 16.0 Å². The van der Waals surface area contributed by atoms with Crippen LogP contribution in [0.3, 0.4) is 0 Å². The van der Waals surface area contributed by atoms with Gasteiger partial charge in [-0.15, -0.1) is 11.3 Å². The van der Waals surface area contributed by atoms with Crippen LogP contribution in [0.4, 0.5) is 4.79 Å². The second kappa shape index (κ2) is 9.07. The van der Waals surface area contributed by atoms with E-state index in [1.54, 1.807) is 23.3 Å². The van der Waals surface area contributed by atoms with Crippen molar-refractivity contribution in [3.8, 4) is 0 Å². The first kappa shape index (κ1) is 18.9. The van der Waals surface area contributed by atoms with Crippen LogP contribution in [0.2, 0.25) is 0 Å². The standard InChI is InChI=1S/C15H27N3O3S/c1-12-11-22-13(17-12)10-16-6-7-18(8-9-20-5)14(19)21-15(2,3)4/h11,16H,6-10H2,1-5H3. The lowest BCUT2D eigenvalue weighted by Crippen LogP contribution is -2.42. The van der Waals surface area contributed by atoms with Crippen molar-refractivity contribution < 1.29 is 14.3 Å². The van der Waals surface area contributed by atoms with Gasteiger partial charge in [0.15, 0.2) is 0 Å². The minimum Gasteiger partial charge on any atom is -0.444 e. The molecule has 0 saturated heterocycles. The fourth-order valence-electron chi connectivity index (χ4n) is 1.72. The van der Waals surface area contributed by atoms with Crippen LogP contribution >= 0.6 is 11.3 Å². The summed E-state index contributed by atoms with van der Waals surface area (Å²) in [6, 6.07) is 0. The van der Waals surface area contributed by atoms with Crippen molar-refractivity contribution in [3.63, 3.8) is 0 Å². The number of carbonyl (C=O) groups is 1. The number of hydrogen-bond acceptors (Lipinski definition) is 6. The summed E-state index contributed by atoms with van der Waals surface area (Å²) in [5.41, 5.74) is 0.547. The first-order valence-electron chi connectivity index (χ1n) is 7.40. The topological polar surface area (TPSA) is 63.7 Å². The number of thiazole rings is 1. The van der Waals surface area contributed by atoms with E-state index in [2.05, 4.69) is 10.3 Å². The predicted octanol–water partition coefficient (Wildman–Crippen LogP) is 2.42. The number of aryl methyl sites for hydroxylation is 1. The third-order valence-electron chi connectivity index (χ3n) is 2.72. The monoisotopic (exact) mass is 329 g/mol. The van der Waals surface area contributed by atoms with Gasteiger partial charge in [-0.2, -0.15) is 0 Å². The molecule has 126 valence electrons. The summed E-state index contributed by atoms with van der Waals surface area (Å²) in [6.07, 6.45) is -0.309. The molecule has 0 fully saturated rings. The van der Waals surface area contributed by atoms with Gasteiger partial charge in [0.1, 0.15) is 10.6 Å². The van der Waals surface area contributed by atoms with E-state index in [-0.39, 0.29) is 6.09 Å². The first-order valence-corrected chi connectivity index (χ1v) is 8.28. The average Bonchev–Trinajstić information content (AvgIpc) is 2.81. The molecule has 0 saturated carbocycles. The molecule has 6 nitrogen and oxygen atoms in total. The van der Waals surface area contributed by atoms with Gasteiger partial charge in [-0.1, -0.05) is 0 Å². The van der Waals surface area contributed by atoms with Crippen LogP contribution in [0.25, 0.3) is 0 Å². The minimum absolute atomic E-state index is 0.309. The van der Waals surface area contributed by atoms with Gasteiger partial charge in [-0.25, -0.2) is 9.78 Å². The minimum atomic E-state index is -0.492. The number of ether oxygens (including phenoxy) is 2. The van der Waals surface area contributed by atoms with Gasteiger partial charge in [0.25, 0.3) is 0 Å². The van der Waals surface area contributed by atoms with Crippen molar-refractivity contribution in [2.75, 3.05) is 33.4 Å². The van der Waals surface area contributed by atoms with E-state index in [0.717, 1.165) is 10.7 Å². The van der Waals surface area contributed by atoms with Crippen LogP contribution in [0.5, 0.6) is 0 Å². The molecule has 0 bridgehead atoms. The third kappa shape index (κ3) is 7.72. The number of aromatic nitrogens is 1. The molecule has 1 amide bonds. The van der Waals surface area contributed by atoms with Crippen molar-refractivity contribution in [3.05, 3.63) is 16.1 Å². The predicted molar refractivity (Wildman–Crippen MR) is 88.2 cm³/mol. The van der Waals surface area contributed by atoms with Crippen molar-refractivity contribution in [1.29, 1.82) is 0 Å². The van der Waals surface area contributed by atoms with Gasteiger partial charge >= 0.3 is 6.09 Å². The zero-order chi connectivity index (χ0) is 16.6. The molecule has 1 rings (SSSR count). The number of rotatable bonds is 8. The molecule has 22 heavy (non-hydrogen) atoms. The highest BCUT2D eigenvalue weighted by atomic mass is 32.1. The number of amides is 1. The summed E-state index contributed by atoms with van der Waals surface area (Å²) in [5.74, 6) is 0. The van der Waals surface area contributed by atoms with E-state index < -0.39 is 5.60 Å². The van der Waals surface area contributed by atoms with Gasteiger partial charge in [-0.05, 0) is 27.7 Å². The summed E-state index contributed by atoms with van der Waals surface area (Å²) in [4.78, 5) is 18.2. The molecule has 0 spiro atoms. The third-order valence-corrected chi connectivity index (χ3v) is 3.68. The van der Waals surface area contributed by atoms with E-state index in [1.807, 2.05) is 33.1 Å². The molecule has 1 aromatic heterocycles. The van der Waals surface area contributed by atoms with E-state index in [1.165, 1.54) is 0 Å². The van der Waals surface area contributed by atoms with Crippen molar-refractivity contribution in [2.45, 2.75) is 39.8 Å². The highest BCUT2D eigenvalue weighted by Gasteiger charge is 2.21. The van der Waals surface area contributed by atoms with Gasteiger partial charge in [-0.3, -0.25) is 0 Å². The Hall–Kier alpha value is -1.18. The van der Waals surface area contributed by atoms with Crippen molar-refractivity contribution >= 4 is 17.4 Å². The van der Waals surface area contributed by atoms with E-state index in [9.17, 15) is 4.79 Å². The Morgan fingerprint density at radius 3 is 2.68 bits per heavy atom. The average molecular weight is 329 g/mol. The number of nitrogens with one attached hydrogen (secondary N) is 1. The first-order chi connectivity index (χ1) is 10.3. The summed E-state index contributed by atoms with van der Waals surface area (Å²) in [6.45, 7) is 10.5. The Kier molecular flexibility index (Phi) is 7.78. The second-order valence-electron chi connectivity index (χ2n) is 6.02. The molecule has 7 heteroatoms. The number of carbonyl (C=O) groups excluding carboxylic acids is 1. The Morgan fingerprint density at radius 1 is 1.41 bits per heavy atom. The molecule has 0 radical (unpaired) electrons. The molecule has 0 aliphatic carbocycles. The van der Waals surface area contributed by atoms with Crippen LogP contribution in [0.1, 0.15) is 31.5 Å². The smallest absolute Gasteiger partial charge is 0.410 e. The van der Waals surface area contributed by atoms with Gasteiger partial charge in [0, 0.05) is 44.4 Å². The molecule has 0 aromatic carbocycles. The molecule has 1 aromatic rings. The zero-order valence-corrected chi connectivity index (χ0v) is 15.0. The van der Waals surface area contributed by atoms with Crippen LogP contribution < -0.4 is 5.32 Å². The molecule has 0 unspecified atom stereocenters. The maximum absolute atomic E-state index is 12.1. The fourth-order valence-corrected chi connectivity index (χ4v) is 2.46. The molecule has 0 atom stereocenters. The van der Waals surface area contributed by atoms with Gasteiger partial charge in [0.2, 0.25) is 0 Å². The summed E-state index contributed by atoms with van der Waals surface area (Å²) < 4.78 is 10.5. The van der Waals surface area contributed by atoms with Gasteiger partial charge in [0.05, 0.1) is 6.61 Å². The molecular formula is C15H27N3O3S. The lowest BCUT2D eigenvalue weighted by atomic mass is 10.2. The highest BCUT2D eigenvalue weighted by Crippen LogP contribution is 2.10. The molecule has 1 heterocycles. The highest BCUT2D eigenvalue weighted by molar-refractivity contribution is 7.09. The van der Waals surface area contributed by atoms with Crippen LogP contribution in [0, 0.1) is 6.92 Å². The SMILES string of the molecule is COCCN(CCNCc1nc(C)cs1)C(=O)OC(C)(C)C. The molecule has 0 aliphatic rings.